The first-order valence-electron chi connectivity index (χ1n) is 7.81. The molecule has 6 heteroatoms. The lowest BCUT2D eigenvalue weighted by Gasteiger charge is -2.29. The van der Waals surface area contributed by atoms with Crippen LogP contribution in [-0.2, 0) is 13.1 Å². The van der Waals surface area contributed by atoms with Crippen molar-refractivity contribution in [2.45, 2.75) is 38.4 Å². The van der Waals surface area contributed by atoms with Crippen molar-refractivity contribution in [2.75, 3.05) is 13.1 Å². The van der Waals surface area contributed by atoms with Crippen molar-refractivity contribution < 1.29 is 0 Å². The summed E-state index contributed by atoms with van der Waals surface area (Å²) in [6, 6.07) is 2.96. The number of nitrogens with one attached hydrogen (secondary N) is 1. The Morgan fingerprint density at radius 3 is 2.91 bits per heavy atom. The molecule has 0 bridgehead atoms. The summed E-state index contributed by atoms with van der Waals surface area (Å²) in [6.45, 7) is 4.36. The normalized spacial score (nSPS) is 23.3. The van der Waals surface area contributed by atoms with Crippen molar-refractivity contribution in [1.29, 1.82) is 0 Å². The van der Waals surface area contributed by atoms with Gasteiger partial charge in [0.2, 0.25) is 0 Å². The summed E-state index contributed by atoms with van der Waals surface area (Å²) in [5, 5.41) is 7.94. The molecule has 2 aliphatic rings. The zero-order valence-corrected chi connectivity index (χ0v) is 14.8. The van der Waals surface area contributed by atoms with Crippen LogP contribution in [-0.4, -0.2) is 29.0 Å². The van der Waals surface area contributed by atoms with E-state index in [4.69, 9.17) is 11.6 Å². The maximum absolute atomic E-state index is 6.01. The van der Waals surface area contributed by atoms with Gasteiger partial charge in [0.15, 0.2) is 4.47 Å². The van der Waals surface area contributed by atoms with Gasteiger partial charge in [0.05, 0.1) is 0 Å². The SMILES string of the molecule is Clc1ncc(CN(Cc2ccsc2)C2CC23CCNCC3)s1. The highest BCUT2D eigenvalue weighted by molar-refractivity contribution is 7.15. The van der Waals surface area contributed by atoms with Gasteiger partial charge in [-0.1, -0.05) is 11.6 Å². The van der Waals surface area contributed by atoms with E-state index in [9.17, 15) is 0 Å². The van der Waals surface area contributed by atoms with E-state index in [-0.39, 0.29) is 0 Å². The first kappa shape index (κ1) is 15.1. The van der Waals surface area contributed by atoms with E-state index < -0.39 is 0 Å². The second-order valence-electron chi connectivity index (χ2n) is 6.45. The Balaban J connectivity index is 1.50. The van der Waals surface area contributed by atoms with E-state index in [0.717, 1.165) is 19.1 Å². The molecule has 1 saturated heterocycles. The van der Waals surface area contributed by atoms with Gasteiger partial charge >= 0.3 is 0 Å². The maximum atomic E-state index is 6.01. The molecule has 0 aromatic carbocycles. The lowest BCUT2D eigenvalue weighted by molar-refractivity contribution is 0.189. The summed E-state index contributed by atoms with van der Waals surface area (Å²) in [4.78, 5) is 8.12. The molecule has 1 N–H and O–H groups in total. The fourth-order valence-electron chi connectivity index (χ4n) is 3.75. The molecule has 1 unspecified atom stereocenters. The van der Waals surface area contributed by atoms with E-state index in [0.29, 0.717) is 9.88 Å². The van der Waals surface area contributed by atoms with Crippen LogP contribution in [0, 0.1) is 5.41 Å². The number of hydrogen-bond acceptors (Lipinski definition) is 5. The number of thiazole rings is 1. The molecule has 3 heterocycles. The van der Waals surface area contributed by atoms with Crippen molar-refractivity contribution in [3.8, 4) is 0 Å². The molecule has 1 aliphatic carbocycles. The van der Waals surface area contributed by atoms with Gasteiger partial charge in [-0.2, -0.15) is 11.3 Å². The molecule has 2 aromatic rings. The summed E-state index contributed by atoms with van der Waals surface area (Å²) in [5.74, 6) is 0. The van der Waals surface area contributed by atoms with Crippen LogP contribution < -0.4 is 5.32 Å². The number of hydrogen-bond donors (Lipinski definition) is 1. The molecule has 118 valence electrons. The third-order valence-corrected chi connectivity index (χ3v) is 6.87. The average Bonchev–Trinajstić information content (AvgIpc) is 2.90. The molecule has 0 radical (unpaired) electrons. The smallest absolute Gasteiger partial charge is 0.183 e. The molecular formula is C16H20ClN3S2. The van der Waals surface area contributed by atoms with Crippen molar-refractivity contribution in [3.05, 3.63) is 37.9 Å². The van der Waals surface area contributed by atoms with Crippen LogP contribution in [0.2, 0.25) is 4.47 Å². The molecule has 1 spiro atoms. The third-order valence-electron chi connectivity index (χ3n) is 5.04. The molecular weight excluding hydrogens is 334 g/mol. The minimum Gasteiger partial charge on any atom is -0.317 e. The van der Waals surface area contributed by atoms with Gasteiger partial charge in [0.25, 0.3) is 0 Å². The summed E-state index contributed by atoms with van der Waals surface area (Å²) in [6.07, 6.45) is 5.93. The lowest BCUT2D eigenvalue weighted by Crippen LogP contribution is -2.35. The van der Waals surface area contributed by atoms with Crippen LogP contribution in [0.25, 0.3) is 0 Å². The van der Waals surface area contributed by atoms with E-state index in [1.165, 1.54) is 42.8 Å². The third kappa shape index (κ3) is 3.10. The zero-order chi connectivity index (χ0) is 15.0. The lowest BCUT2D eigenvalue weighted by atomic mass is 9.93. The van der Waals surface area contributed by atoms with Gasteiger partial charge in [0, 0.05) is 30.2 Å². The van der Waals surface area contributed by atoms with Crippen LogP contribution in [0.15, 0.2) is 23.0 Å². The van der Waals surface area contributed by atoms with Gasteiger partial charge in [-0.25, -0.2) is 4.98 Å². The predicted molar refractivity (Wildman–Crippen MR) is 93.6 cm³/mol. The predicted octanol–water partition coefficient (Wildman–Crippen LogP) is 4.00. The summed E-state index contributed by atoms with van der Waals surface area (Å²) in [5.41, 5.74) is 1.99. The van der Waals surface area contributed by atoms with E-state index in [1.807, 2.05) is 6.20 Å². The largest absolute Gasteiger partial charge is 0.317 e. The van der Waals surface area contributed by atoms with Gasteiger partial charge in [-0.15, -0.1) is 11.3 Å². The standard InChI is InChI=1S/C16H20ClN3S2/c17-15-19-8-13(22-15)10-20(9-12-1-6-21-11-12)14-7-16(14)2-4-18-5-3-16/h1,6,8,11,14,18H,2-5,7,9-10H2. The number of nitrogens with zero attached hydrogens (tertiary/aromatic N) is 2. The number of thiophene rings is 1. The molecule has 0 amide bonds. The highest BCUT2D eigenvalue weighted by Crippen LogP contribution is 2.56. The molecule has 1 atom stereocenters. The van der Waals surface area contributed by atoms with Crippen molar-refractivity contribution in [2.24, 2.45) is 5.41 Å². The first-order chi connectivity index (χ1) is 10.8. The number of rotatable bonds is 5. The van der Waals surface area contributed by atoms with Gasteiger partial charge in [-0.3, -0.25) is 4.90 Å². The second-order valence-corrected chi connectivity index (χ2v) is 8.93. The van der Waals surface area contributed by atoms with Crippen LogP contribution >= 0.6 is 34.3 Å². The molecule has 4 rings (SSSR count). The fourth-order valence-corrected chi connectivity index (χ4v) is 5.42. The minimum absolute atomic E-state index is 0.565. The van der Waals surface area contributed by atoms with Crippen LogP contribution in [0.3, 0.4) is 0 Å². The van der Waals surface area contributed by atoms with E-state index >= 15 is 0 Å². The summed E-state index contributed by atoms with van der Waals surface area (Å²) in [7, 11) is 0. The highest BCUT2D eigenvalue weighted by Gasteiger charge is 2.56. The highest BCUT2D eigenvalue weighted by atomic mass is 35.5. The minimum atomic E-state index is 0.565. The average molecular weight is 354 g/mol. The second kappa shape index (κ2) is 6.21. The summed E-state index contributed by atoms with van der Waals surface area (Å²) >= 11 is 9.40. The Hall–Kier alpha value is -0.460. The van der Waals surface area contributed by atoms with E-state index in [1.54, 1.807) is 22.7 Å². The fraction of sp³-hybridized carbons (Fsp3) is 0.562. The van der Waals surface area contributed by atoms with Crippen LogP contribution in [0.1, 0.15) is 29.7 Å². The first-order valence-corrected chi connectivity index (χ1v) is 9.95. The topological polar surface area (TPSA) is 28.2 Å². The Labute approximate surface area is 144 Å². The molecule has 2 aromatic heterocycles. The Kier molecular flexibility index (Phi) is 4.26. The van der Waals surface area contributed by atoms with Crippen LogP contribution in [0.5, 0.6) is 0 Å². The quantitative estimate of drug-likeness (QED) is 0.880. The maximum Gasteiger partial charge on any atom is 0.183 e. The Morgan fingerprint density at radius 1 is 1.36 bits per heavy atom. The summed E-state index contributed by atoms with van der Waals surface area (Å²) < 4.78 is 0.651. The van der Waals surface area contributed by atoms with Gasteiger partial charge in [0.1, 0.15) is 0 Å². The molecule has 22 heavy (non-hydrogen) atoms. The molecule has 1 aliphatic heterocycles. The van der Waals surface area contributed by atoms with Crippen molar-refractivity contribution in [1.82, 2.24) is 15.2 Å². The zero-order valence-electron chi connectivity index (χ0n) is 12.4. The van der Waals surface area contributed by atoms with Gasteiger partial charge in [-0.05, 0) is 60.2 Å². The van der Waals surface area contributed by atoms with Crippen molar-refractivity contribution >= 4 is 34.3 Å². The number of aromatic nitrogens is 1. The monoisotopic (exact) mass is 353 g/mol. The van der Waals surface area contributed by atoms with Crippen molar-refractivity contribution in [3.63, 3.8) is 0 Å². The van der Waals surface area contributed by atoms with Gasteiger partial charge < -0.3 is 5.32 Å². The molecule has 1 saturated carbocycles. The number of halogens is 1. The molecule has 2 fully saturated rings. The van der Waals surface area contributed by atoms with Crippen LogP contribution in [0.4, 0.5) is 0 Å². The van der Waals surface area contributed by atoms with E-state index in [2.05, 4.69) is 32.0 Å². The number of piperidine rings is 1. The Morgan fingerprint density at radius 2 is 2.23 bits per heavy atom. The Bertz CT molecular complexity index is 619. The molecule has 3 nitrogen and oxygen atoms in total.